The van der Waals surface area contributed by atoms with E-state index in [1.165, 1.54) is 12.3 Å². The molecule has 150 valence electrons. The molecule has 0 amide bonds. The molecule has 0 spiro atoms. The highest BCUT2D eigenvalue weighted by atomic mass is 19.1. The monoisotopic (exact) mass is 387 g/mol. The zero-order valence-corrected chi connectivity index (χ0v) is 16.4. The summed E-state index contributed by atoms with van der Waals surface area (Å²) in [4.78, 5) is 26.1. The van der Waals surface area contributed by atoms with Gasteiger partial charge < -0.3 is 20.3 Å². The van der Waals surface area contributed by atoms with E-state index in [9.17, 15) is 14.7 Å². The van der Waals surface area contributed by atoms with E-state index in [0.717, 1.165) is 18.5 Å². The Morgan fingerprint density at radius 3 is 2.75 bits per heavy atom. The molecule has 0 bridgehead atoms. The molecule has 1 saturated heterocycles. The predicted molar refractivity (Wildman–Crippen MR) is 107 cm³/mol. The second-order valence-electron chi connectivity index (χ2n) is 8.54. The van der Waals surface area contributed by atoms with Crippen LogP contribution in [0.5, 0.6) is 0 Å². The molecule has 2 aromatic rings. The summed E-state index contributed by atoms with van der Waals surface area (Å²) < 4.78 is 17.0. The summed E-state index contributed by atoms with van der Waals surface area (Å²) in [6.45, 7) is 7.58. The van der Waals surface area contributed by atoms with Crippen molar-refractivity contribution in [3.63, 3.8) is 0 Å². The normalized spacial score (nSPS) is 22.4. The molecule has 3 heterocycles. The molecule has 0 radical (unpaired) electrons. The molecule has 3 N–H and O–H groups in total. The maximum Gasteiger partial charge on any atom is 0.341 e. The first-order valence-corrected chi connectivity index (χ1v) is 9.84. The van der Waals surface area contributed by atoms with Crippen LogP contribution in [0.1, 0.15) is 49.2 Å². The highest BCUT2D eigenvalue weighted by molar-refractivity contribution is 5.96. The van der Waals surface area contributed by atoms with E-state index in [0.29, 0.717) is 36.0 Å². The van der Waals surface area contributed by atoms with Crippen LogP contribution in [0.15, 0.2) is 17.1 Å². The van der Waals surface area contributed by atoms with Gasteiger partial charge in [0.2, 0.25) is 5.43 Å². The van der Waals surface area contributed by atoms with Crippen LogP contribution in [-0.2, 0) is 6.42 Å². The first-order valence-electron chi connectivity index (χ1n) is 9.84. The second-order valence-corrected chi connectivity index (χ2v) is 8.54. The van der Waals surface area contributed by atoms with E-state index in [1.54, 1.807) is 0 Å². The molecule has 28 heavy (non-hydrogen) atoms. The third-order valence-electron chi connectivity index (χ3n) is 6.40. The fourth-order valence-electron chi connectivity index (χ4n) is 4.84. The molecular formula is C21H26FN3O3. The summed E-state index contributed by atoms with van der Waals surface area (Å²) in [6, 6.07) is 1.25. The molecular weight excluding hydrogens is 361 g/mol. The number of rotatable bonds is 4. The summed E-state index contributed by atoms with van der Waals surface area (Å²) in [6.07, 6.45) is 2.89. The predicted octanol–water partition coefficient (Wildman–Crippen LogP) is 2.77. The molecule has 4 rings (SSSR count). The Morgan fingerprint density at radius 1 is 1.39 bits per heavy atom. The first kappa shape index (κ1) is 18.9. The highest BCUT2D eigenvalue weighted by Crippen LogP contribution is 2.41. The number of nitrogens with two attached hydrogens (primary N) is 1. The van der Waals surface area contributed by atoms with E-state index in [2.05, 4.69) is 18.7 Å². The van der Waals surface area contributed by atoms with Crippen molar-refractivity contribution in [1.82, 2.24) is 4.57 Å². The number of hydrogen-bond acceptors (Lipinski definition) is 4. The Bertz CT molecular complexity index is 1030. The van der Waals surface area contributed by atoms with E-state index < -0.39 is 17.2 Å². The number of anilines is 1. The molecule has 1 fully saturated rings. The maximum absolute atomic E-state index is 15.2. The molecule has 1 aromatic heterocycles. The van der Waals surface area contributed by atoms with Crippen LogP contribution in [0.3, 0.4) is 0 Å². The van der Waals surface area contributed by atoms with Gasteiger partial charge in [0.15, 0.2) is 0 Å². The lowest BCUT2D eigenvalue weighted by Crippen LogP contribution is -2.37. The Hall–Kier alpha value is -2.41. The maximum atomic E-state index is 15.2. The Kier molecular flexibility index (Phi) is 4.45. The summed E-state index contributed by atoms with van der Waals surface area (Å²) in [5, 5.41) is 9.49. The number of carboxylic acids is 1. The van der Waals surface area contributed by atoms with Crippen LogP contribution in [0.4, 0.5) is 10.1 Å². The topological polar surface area (TPSA) is 88.6 Å². The van der Waals surface area contributed by atoms with Crippen molar-refractivity contribution in [2.24, 2.45) is 17.6 Å². The lowest BCUT2D eigenvalue weighted by molar-refractivity contribution is 0.0694. The van der Waals surface area contributed by atoms with Crippen molar-refractivity contribution in [3.8, 4) is 0 Å². The summed E-state index contributed by atoms with van der Waals surface area (Å²) in [5.74, 6) is -1.08. The third-order valence-corrected chi connectivity index (χ3v) is 6.40. The van der Waals surface area contributed by atoms with Gasteiger partial charge in [-0.25, -0.2) is 9.18 Å². The molecule has 0 saturated carbocycles. The molecule has 6 nitrogen and oxygen atoms in total. The van der Waals surface area contributed by atoms with Crippen molar-refractivity contribution in [3.05, 3.63) is 39.4 Å². The third kappa shape index (κ3) is 2.71. The van der Waals surface area contributed by atoms with Gasteiger partial charge in [-0.15, -0.1) is 0 Å². The molecule has 1 aromatic carbocycles. The first-order chi connectivity index (χ1) is 13.2. The number of aromatic nitrogens is 1. The van der Waals surface area contributed by atoms with Crippen LogP contribution in [0, 0.1) is 17.7 Å². The number of benzene rings is 1. The minimum absolute atomic E-state index is 0.0342. The number of hydrogen-bond donors (Lipinski definition) is 2. The fraction of sp³-hybridized carbons (Fsp3) is 0.524. The van der Waals surface area contributed by atoms with Crippen molar-refractivity contribution in [2.45, 2.75) is 45.7 Å². The molecule has 3 atom stereocenters. The van der Waals surface area contributed by atoms with Crippen molar-refractivity contribution >= 4 is 22.6 Å². The van der Waals surface area contributed by atoms with Crippen LogP contribution in [-0.4, -0.2) is 34.8 Å². The average molecular weight is 387 g/mol. The largest absolute Gasteiger partial charge is 0.477 e. The van der Waals surface area contributed by atoms with Crippen LogP contribution in [0.2, 0.25) is 0 Å². The second kappa shape index (κ2) is 6.58. The van der Waals surface area contributed by atoms with Gasteiger partial charge in [-0.3, -0.25) is 4.79 Å². The summed E-state index contributed by atoms with van der Waals surface area (Å²) in [5.41, 5.74) is 7.41. The minimum atomic E-state index is -1.29. The van der Waals surface area contributed by atoms with Gasteiger partial charge in [0.25, 0.3) is 0 Å². The molecule has 2 aliphatic heterocycles. The van der Waals surface area contributed by atoms with Gasteiger partial charge in [-0.05, 0) is 37.7 Å². The van der Waals surface area contributed by atoms with Crippen molar-refractivity contribution in [2.75, 3.05) is 18.0 Å². The lowest BCUT2D eigenvalue weighted by Gasteiger charge is -2.25. The Labute approximate surface area is 162 Å². The fourth-order valence-corrected chi connectivity index (χ4v) is 4.84. The van der Waals surface area contributed by atoms with Gasteiger partial charge in [0, 0.05) is 42.3 Å². The molecule has 0 aliphatic carbocycles. The van der Waals surface area contributed by atoms with Gasteiger partial charge in [0.1, 0.15) is 11.4 Å². The zero-order chi connectivity index (χ0) is 20.3. The Morgan fingerprint density at radius 2 is 2.11 bits per heavy atom. The number of pyridine rings is 1. The van der Waals surface area contributed by atoms with Gasteiger partial charge >= 0.3 is 5.97 Å². The van der Waals surface area contributed by atoms with Gasteiger partial charge in [0.05, 0.1) is 11.2 Å². The van der Waals surface area contributed by atoms with Crippen LogP contribution in [0.25, 0.3) is 10.9 Å². The SMILES string of the molecule is CC(C)C(N)C1CCN(c2c(F)cc3c(=O)c(C(=O)O)cn4c3c2CC4C)C1. The van der Waals surface area contributed by atoms with E-state index in [1.807, 2.05) is 11.5 Å². The van der Waals surface area contributed by atoms with E-state index >= 15 is 4.39 Å². The number of halogens is 1. The number of nitrogens with zero attached hydrogens (tertiary/aromatic N) is 2. The Balaban J connectivity index is 1.85. The highest BCUT2D eigenvalue weighted by Gasteiger charge is 2.35. The molecule has 2 aliphatic rings. The van der Waals surface area contributed by atoms with E-state index in [-0.39, 0.29) is 23.0 Å². The summed E-state index contributed by atoms with van der Waals surface area (Å²) in [7, 11) is 0. The average Bonchev–Trinajstić information content (AvgIpc) is 3.22. The minimum Gasteiger partial charge on any atom is -0.477 e. The summed E-state index contributed by atoms with van der Waals surface area (Å²) >= 11 is 0. The molecule has 7 heteroatoms. The van der Waals surface area contributed by atoms with E-state index in [4.69, 9.17) is 5.73 Å². The van der Waals surface area contributed by atoms with Crippen molar-refractivity contribution < 1.29 is 14.3 Å². The number of carboxylic acid groups (broad SMARTS) is 1. The van der Waals surface area contributed by atoms with Gasteiger partial charge in [-0.2, -0.15) is 0 Å². The smallest absolute Gasteiger partial charge is 0.341 e. The van der Waals surface area contributed by atoms with Crippen LogP contribution >= 0.6 is 0 Å². The standard InChI is InChI=1S/C21H26FN3O3/c1-10(2)17(23)12-4-5-24(8-12)19-13-6-11(3)25-9-15(21(27)28)20(26)14(18(13)25)7-16(19)22/h7,9-12,17H,4-6,8,23H2,1-3H3,(H,27,28). The quantitative estimate of drug-likeness (QED) is 0.842. The number of aromatic carboxylic acids is 1. The van der Waals surface area contributed by atoms with Crippen molar-refractivity contribution in [1.29, 1.82) is 0 Å². The van der Waals surface area contributed by atoms with Gasteiger partial charge in [-0.1, -0.05) is 13.8 Å². The lowest BCUT2D eigenvalue weighted by atomic mass is 9.91. The van der Waals surface area contributed by atoms with Crippen LogP contribution < -0.4 is 16.1 Å². The zero-order valence-electron chi connectivity index (χ0n) is 16.4. The number of carbonyl (C=O) groups is 1. The molecule has 3 unspecified atom stereocenters.